The van der Waals surface area contributed by atoms with Crippen LogP contribution in [0.3, 0.4) is 0 Å². The molecule has 0 saturated carbocycles. The zero-order valence-corrected chi connectivity index (χ0v) is 14.3. The number of fused-ring (bicyclic) bond motifs is 1. The van der Waals surface area contributed by atoms with Crippen LogP contribution in [0.1, 0.15) is 39.7 Å². The third-order valence-corrected chi connectivity index (χ3v) is 3.72. The molecule has 2 heterocycles. The molecule has 6 nitrogen and oxygen atoms in total. The van der Waals surface area contributed by atoms with Crippen LogP contribution in [-0.4, -0.2) is 16.1 Å². The van der Waals surface area contributed by atoms with Crippen LogP contribution in [-0.2, 0) is 10.3 Å². The first-order valence-corrected chi connectivity index (χ1v) is 7.55. The summed E-state index contributed by atoms with van der Waals surface area (Å²) < 4.78 is 5.44. The lowest BCUT2D eigenvalue weighted by molar-refractivity contribution is -0.00209. The van der Waals surface area contributed by atoms with E-state index in [-0.39, 0.29) is 16.1 Å². The number of amides is 1. The lowest BCUT2D eigenvalue weighted by Gasteiger charge is -2.35. The number of hydrogen-bond donors (Lipinski definition) is 2. The fraction of sp³-hybridized carbons (Fsp3) is 0.438. The lowest BCUT2D eigenvalue weighted by Crippen LogP contribution is -2.36. The zero-order valence-electron chi connectivity index (χ0n) is 13.6. The van der Waals surface area contributed by atoms with E-state index in [1.54, 1.807) is 13.0 Å². The summed E-state index contributed by atoms with van der Waals surface area (Å²) in [6, 6.07) is 1.59. The van der Waals surface area contributed by atoms with E-state index in [1.165, 1.54) is 12.4 Å². The molecule has 0 radical (unpaired) electrons. The van der Waals surface area contributed by atoms with E-state index in [9.17, 15) is 9.59 Å². The van der Waals surface area contributed by atoms with E-state index < -0.39 is 11.7 Å². The number of nitrogens with one attached hydrogen (secondary N) is 1. The maximum Gasteiger partial charge on any atom is 0.405 e. The number of carbonyl (C=O) groups excluding carboxylic acids is 1. The molecule has 124 valence electrons. The second-order valence-electron chi connectivity index (χ2n) is 6.97. The van der Waals surface area contributed by atoms with Gasteiger partial charge in [-0.1, -0.05) is 32.4 Å². The molecule has 0 aliphatic heterocycles. The summed E-state index contributed by atoms with van der Waals surface area (Å²) in [4.78, 5) is 30.0. The highest BCUT2D eigenvalue weighted by molar-refractivity contribution is 6.30. The molecule has 7 heteroatoms. The molecule has 23 heavy (non-hydrogen) atoms. The second kappa shape index (κ2) is 5.85. The SMILES string of the molecule is CC(C)(C)CC(C)(OC(N)=O)c1c[nH]c(=O)c2cnc(Cl)cc12. The Labute approximate surface area is 139 Å². The van der Waals surface area contributed by atoms with Crippen molar-refractivity contribution in [2.24, 2.45) is 11.1 Å². The van der Waals surface area contributed by atoms with Gasteiger partial charge in [0.05, 0.1) is 5.39 Å². The minimum absolute atomic E-state index is 0.149. The van der Waals surface area contributed by atoms with Gasteiger partial charge in [-0.25, -0.2) is 9.78 Å². The Morgan fingerprint density at radius 3 is 2.57 bits per heavy atom. The normalized spacial score (nSPS) is 14.5. The van der Waals surface area contributed by atoms with Crippen LogP contribution in [0.15, 0.2) is 23.3 Å². The molecule has 2 aromatic heterocycles. The number of pyridine rings is 2. The molecule has 0 aliphatic rings. The number of hydrogen-bond acceptors (Lipinski definition) is 4. The Morgan fingerprint density at radius 1 is 1.35 bits per heavy atom. The number of carbonyl (C=O) groups is 1. The van der Waals surface area contributed by atoms with Gasteiger partial charge in [0.2, 0.25) is 0 Å². The van der Waals surface area contributed by atoms with Crippen LogP contribution < -0.4 is 11.3 Å². The van der Waals surface area contributed by atoms with Crippen molar-refractivity contribution in [2.75, 3.05) is 0 Å². The van der Waals surface area contributed by atoms with Crippen LogP contribution >= 0.6 is 11.6 Å². The first-order chi connectivity index (χ1) is 10.5. The third kappa shape index (κ3) is 3.82. The van der Waals surface area contributed by atoms with Crippen LogP contribution in [0, 0.1) is 5.41 Å². The summed E-state index contributed by atoms with van der Waals surface area (Å²) in [7, 11) is 0. The van der Waals surface area contributed by atoms with Crippen LogP contribution in [0.2, 0.25) is 5.15 Å². The quantitative estimate of drug-likeness (QED) is 0.839. The Kier molecular flexibility index (Phi) is 4.39. The van der Waals surface area contributed by atoms with Crippen molar-refractivity contribution >= 4 is 28.5 Å². The molecule has 1 amide bonds. The van der Waals surface area contributed by atoms with Gasteiger partial charge in [0, 0.05) is 23.3 Å². The first kappa shape index (κ1) is 17.3. The average Bonchev–Trinajstić information content (AvgIpc) is 2.34. The summed E-state index contributed by atoms with van der Waals surface area (Å²) in [6.45, 7) is 7.85. The second-order valence-corrected chi connectivity index (χ2v) is 7.36. The molecule has 0 bridgehead atoms. The molecule has 2 rings (SSSR count). The summed E-state index contributed by atoms with van der Waals surface area (Å²) in [6.07, 6.45) is 2.57. The standard InChI is InChI=1S/C16H20ClN3O3/c1-15(2,3)8-16(4,23-14(18)22)11-7-20-13(21)10-6-19-12(17)5-9(10)11/h5-7H,8H2,1-4H3,(H2,18,22)(H,20,21). The van der Waals surface area contributed by atoms with E-state index in [0.29, 0.717) is 22.8 Å². The summed E-state index contributed by atoms with van der Waals surface area (Å²) in [5, 5.41) is 1.21. The van der Waals surface area contributed by atoms with Crippen molar-refractivity contribution < 1.29 is 9.53 Å². The molecule has 3 N–H and O–H groups in total. The van der Waals surface area contributed by atoms with Gasteiger partial charge in [-0.2, -0.15) is 0 Å². The molecular formula is C16H20ClN3O3. The molecule has 1 atom stereocenters. The third-order valence-electron chi connectivity index (χ3n) is 3.52. The van der Waals surface area contributed by atoms with Gasteiger partial charge in [-0.05, 0) is 24.8 Å². The van der Waals surface area contributed by atoms with Gasteiger partial charge in [0.15, 0.2) is 0 Å². The Balaban J connectivity index is 2.75. The highest BCUT2D eigenvalue weighted by Gasteiger charge is 2.37. The number of primary amides is 1. The lowest BCUT2D eigenvalue weighted by atomic mass is 9.78. The minimum atomic E-state index is -1.02. The number of nitrogens with two attached hydrogens (primary N) is 1. The molecule has 0 aliphatic carbocycles. The fourth-order valence-electron chi connectivity index (χ4n) is 2.98. The number of rotatable bonds is 3. The number of ether oxygens (including phenoxy) is 1. The first-order valence-electron chi connectivity index (χ1n) is 7.18. The van der Waals surface area contributed by atoms with Crippen molar-refractivity contribution in [1.29, 1.82) is 0 Å². The van der Waals surface area contributed by atoms with Crippen LogP contribution in [0.5, 0.6) is 0 Å². The summed E-state index contributed by atoms with van der Waals surface area (Å²) in [5.74, 6) is 0. The van der Waals surface area contributed by atoms with Crippen molar-refractivity contribution in [3.05, 3.63) is 39.5 Å². The van der Waals surface area contributed by atoms with Crippen LogP contribution in [0.25, 0.3) is 10.8 Å². The largest absolute Gasteiger partial charge is 0.438 e. The Hall–Kier alpha value is -2.08. The van der Waals surface area contributed by atoms with Gasteiger partial charge in [0.1, 0.15) is 10.8 Å². The van der Waals surface area contributed by atoms with Gasteiger partial charge in [-0.3, -0.25) is 4.79 Å². The number of nitrogens with zero attached hydrogens (tertiary/aromatic N) is 1. The molecule has 0 saturated heterocycles. The van der Waals surface area contributed by atoms with Gasteiger partial charge in [0.25, 0.3) is 5.56 Å². The molecule has 2 aromatic rings. The monoisotopic (exact) mass is 337 g/mol. The Bertz CT molecular complexity index is 810. The van der Waals surface area contributed by atoms with Gasteiger partial charge in [-0.15, -0.1) is 0 Å². The molecule has 0 spiro atoms. The van der Waals surface area contributed by atoms with E-state index in [0.717, 1.165) is 0 Å². The number of halogens is 1. The highest BCUT2D eigenvalue weighted by Crippen LogP contribution is 2.40. The van der Waals surface area contributed by atoms with Gasteiger partial charge >= 0.3 is 6.09 Å². The molecule has 1 unspecified atom stereocenters. The minimum Gasteiger partial charge on any atom is -0.438 e. The Morgan fingerprint density at radius 2 is 2.00 bits per heavy atom. The highest BCUT2D eigenvalue weighted by atomic mass is 35.5. The maximum atomic E-state index is 12.0. The zero-order chi connectivity index (χ0) is 17.4. The van der Waals surface area contributed by atoms with Gasteiger partial charge < -0.3 is 15.5 Å². The number of H-pyrrole nitrogens is 1. The average molecular weight is 338 g/mol. The van der Waals surface area contributed by atoms with E-state index >= 15 is 0 Å². The smallest absolute Gasteiger partial charge is 0.405 e. The summed E-state index contributed by atoms with van der Waals surface area (Å²) in [5.41, 5.74) is 4.44. The predicted octanol–water partition coefficient (Wildman–Crippen LogP) is 3.32. The number of aromatic nitrogens is 2. The molecule has 0 fully saturated rings. The maximum absolute atomic E-state index is 12.0. The molecular weight excluding hydrogens is 318 g/mol. The van der Waals surface area contributed by atoms with E-state index in [4.69, 9.17) is 22.1 Å². The van der Waals surface area contributed by atoms with Crippen molar-refractivity contribution in [3.8, 4) is 0 Å². The number of aromatic amines is 1. The van der Waals surface area contributed by atoms with Crippen molar-refractivity contribution in [1.82, 2.24) is 9.97 Å². The fourth-order valence-corrected chi connectivity index (χ4v) is 3.14. The van der Waals surface area contributed by atoms with Crippen molar-refractivity contribution in [3.63, 3.8) is 0 Å². The van der Waals surface area contributed by atoms with E-state index in [2.05, 4.69) is 9.97 Å². The van der Waals surface area contributed by atoms with E-state index in [1.807, 2.05) is 20.8 Å². The van der Waals surface area contributed by atoms with Crippen molar-refractivity contribution in [2.45, 2.75) is 39.7 Å². The predicted molar refractivity (Wildman–Crippen MR) is 89.5 cm³/mol. The molecule has 0 aromatic carbocycles. The summed E-state index contributed by atoms with van der Waals surface area (Å²) >= 11 is 5.98. The topological polar surface area (TPSA) is 98.1 Å². The van der Waals surface area contributed by atoms with Crippen LogP contribution in [0.4, 0.5) is 4.79 Å².